The molecule has 0 unspecified atom stereocenters. The normalized spacial score (nSPS) is 15.1. The lowest BCUT2D eigenvalue weighted by Crippen LogP contribution is -2.05. The van der Waals surface area contributed by atoms with Crippen molar-refractivity contribution in [3.05, 3.63) is 58.2 Å². The zero-order valence-electron chi connectivity index (χ0n) is 12.0. The second kappa shape index (κ2) is 5.90. The van der Waals surface area contributed by atoms with Crippen molar-refractivity contribution in [2.75, 3.05) is 14.2 Å². The number of benzene rings is 1. The molecule has 0 bridgehead atoms. The summed E-state index contributed by atoms with van der Waals surface area (Å²) in [7, 11) is 3.42. The summed E-state index contributed by atoms with van der Waals surface area (Å²) in [5.74, 6) is 1.84. The maximum atomic E-state index is 5.60. The SMILES string of the molecule is COC1=CCCC(OC)=C1c1ccc(Br)c2cnccc12. The van der Waals surface area contributed by atoms with Crippen molar-refractivity contribution < 1.29 is 9.47 Å². The molecule has 1 heterocycles. The van der Waals surface area contributed by atoms with E-state index in [0.717, 1.165) is 50.7 Å². The molecule has 4 heteroatoms. The smallest absolute Gasteiger partial charge is 0.126 e. The molecule has 0 saturated heterocycles. The second-order valence-electron chi connectivity index (χ2n) is 4.83. The van der Waals surface area contributed by atoms with Crippen LogP contribution in [0, 0.1) is 0 Å². The number of rotatable bonds is 3. The Labute approximate surface area is 132 Å². The summed E-state index contributed by atoms with van der Waals surface area (Å²) in [5, 5.41) is 2.22. The lowest BCUT2D eigenvalue weighted by atomic mass is 9.92. The minimum absolute atomic E-state index is 0.874. The third-order valence-corrected chi connectivity index (χ3v) is 4.42. The molecule has 108 valence electrons. The third kappa shape index (κ3) is 2.44. The molecule has 3 nitrogen and oxygen atoms in total. The van der Waals surface area contributed by atoms with Crippen molar-refractivity contribution in [1.82, 2.24) is 4.98 Å². The summed E-state index contributed by atoms with van der Waals surface area (Å²) in [6.07, 6.45) is 7.62. The monoisotopic (exact) mass is 345 g/mol. The number of hydrogen-bond donors (Lipinski definition) is 0. The van der Waals surface area contributed by atoms with E-state index in [2.05, 4.69) is 33.1 Å². The van der Waals surface area contributed by atoms with Gasteiger partial charge in [0.15, 0.2) is 0 Å². The van der Waals surface area contributed by atoms with Crippen LogP contribution in [-0.2, 0) is 9.47 Å². The molecule has 0 aliphatic heterocycles. The molecule has 21 heavy (non-hydrogen) atoms. The van der Waals surface area contributed by atoms with Crippen molar-refractivity contribution in [1.29, 1.82) is 0 Å². The van der Waals surface area contributed by atoms with E-state index in [-0.39, 0.29) is 0 Å². The van der Waals surface area contributed by atoms with Gasteiger partial charge in [-0.1, -0.05) is 22.0 Å². The van der Waals surface area contributed by atoms with Gasteiger partial charge in [0.1, 0.15) is 11.5 Å². The molecule has 0 N–H and O–H groups in total. The molecule has 2 aromatic rings. The van der Waals surface area contributed by atoms with Gasteiger partial charge in [-0.3, -0.25) is 4.98 Å². The van der Waals surface area contributed by atoms with E-state index in [1.54, 1.807) is 14.2 Å². The predicted molar refractivity (Wildman–Crippen MR) is 87.7 cm³/mol. The molecule has 3 rings (SSSR count). The molecule has 0 saturated carbocycles. The van der Waals surface area contributed by atoms with Crippen molar-refractivity contribution in [2.45, 2.75) is 12.8 Å². The zero-order valence-corrected chi connectivity index (χ0v) is 13.6. The van der Waals surface area contributed by atoms with Gasteiger partial charge in [0, 0.05) is 28.7 Å². The molecule has 0 fully saturated rings. The van der Waals surface area contributed by atoms with Gasteiger partial charge in [0.25, 0.3) is 0 Å². The summed E-state index contributed by atoms with van der Waals surface area (Å²) < 4.78 is 12.2. The Morgan fingerprint density at radius 3 is 2.71 bits per heavy atom. The maximum absolute atomic E-state index is 5.60. The minimum Gasteiger partial charge on any atom is -0.500 e. The topological polar surface area (TPSA) is 31.4 Å². The number of aromatic nitrogens is 1. The van der Waals surface area contributed by atoms with Gasteiger partial charge in [-0.15, -0.1) is 0 Å². The molecule has 0 amide bonds. The van der Waals surface area contributed by atoms with E-state index in [4.69, 9.17) is 9.47 Å². The number of fused-ring (bicyclic) bond motifs is 1. The summed E-state index contributed by atoms with van der Waals surface area (Å²) in [6, 6.07) is 6.16. The highest BCUT2D eigenvalue weighted by molar-refractivity contribution is 9.10. The van der Waals surface area contributed by atoms with E-state index < -0.39 is 0 Å². The summed E-state index contributed by atoms with van der Waals surface area (Å²) >= 11 is 3.59. The molecule has 0 radical (unpaired) electrons. The Morgan fingerprint density at radius 2 is 1.95 bits per heavy atom. The second-order valence-corrected chi connectivity index (χ2v) is 5.68. The van der Waals surface area contributed by atoms with Crippen LogP contribution >= 0.6 is 15.9 Å². The third-order valence-electron chi connectivity index (χ3n) is 3.73. The highest BCUT2D eigenvalue weighted by Crippen LogP contribution is 2.38. The largest absolute Gasteiger partial charge is 0.500 e. The van der Waals surface area contributed by atoms with Crippen molar-refractivity contribution in [3.8, 4) is 0 Å². The summed E-state index contributed by atoms with van der Waals surface area (Å²) in [5.41, 5.74) is 2.15. The summed E-state index contributed by atoms with van der Waals surface area (Å²) in [4.78, 5) is 4.22. The minimum atomic E-state index is 0.874. The van der Waals surface area contributed by atoms with E-state index in [0.29, 0.717) is 0 Å². The van der Waals surface area contributed by atoms with Crippen molar-refractivity contribution in [3.63, 3.8) is 0 Å². The van der Waals surface area contributed by atoms with Crippen LogP contribution in [0.4, 0.5) is 0 Å². The number of allylic oxidation sites excluding steroid dienone is 3. The van der Waals surface area contributed by atoms with Gasteiger partial charge in [0.05, 0.1) is 19.8 Å². The van der Waals surface area contributed by atoms with Gasteiger partial charge in [-0.2, -0.15) is 0 Å². The van der Waals surface area contributed by atoms with Gasteiger partial charge in [-0.25, -0.2) is 0 Å². The Kier molecular flexibility index (Phi) is 3.97. The van der Waals surface area contributed by atoms with Crippen molar-refractivity contribution in [2.24, 2.45) is 0 Å². The van der Waals surface area contributed by atoms with Crippen molar-refractivity contribution >= 4 is 32.3 Å². The molecular formula is C17H16BrNO2. The average Bonchev–Trinajstić information content (AvgIpc) is 2.55. The van der Waals surface area contributed by atoms with Gasteiger partial charge in [0.2, 0.25) is 0 Å². The van der Waals surface area contributed by atoms with E-state index >= 15 is 0 Å². The summed E-state index contributed by atoms with van der Waals surface area (Å²) in [6.45, 7) is 0. The zero-order chi connectivity index (χ0) is 14.8. The van der Waals surface area contributed by atoms with Gasteiger partial charge < -0.3 is 9.47 Å². The number of ether oxygens (including phenoxy) is 2. The number of methoxy groups -OCH3 is 2. The maximum Gasteiger partial charge on any atom is 0.126 e. The van der Waals surface area contributed by atoms with Crippen LogP contribution in [0.3, 0.4) is 0 Å². The average molecular weight is 346 g/mol. The Bertz CT molecular complexity index is 750. The number of nitrogens with zero attached hydrogens (tertiary/aromatic N) is 1. The Morgan fingerprint density at radius 1 is 1.10 bits per heavy atom. The standard InChI is InChI=1S/C17H16BrNO2/c1-20-15-4-3-5-16(21-2)17(15)12-6-7-14(18)13-10-19-9-8-11(12)13/h4,6-10H,3,5H2,1-2H3. The molecule has 1 aliphatic carbocycles. The lowest BCUT2D eigenvalue weighted by molar-refractivity contribution is 0.263. The molecule has 0 spiro atoms. The molecular weight excluding hydrogens is 330 g/mol. The first-order chi connectivity index (χ1) is 10.3. The Balaban J connectivity index is 2.30. The molecule has 0 atom stereocenters. The number of hydrogen-bond acceptors (Lipinski definition) is 3. The number of pyridine rings is 1. The Hall–Kier alpha value is -1.81. The lowest BCUT2D eigenvalue weighted by Gasteiger charge is -2.21. The predicted octanol–water partition coefficient (Wildman–Crippen LogP) is 4.68. The van der Waals surface area contributed by atoms with E-state index in [1.807, 2.05) is 24.5 Å². The van der Waals surface area contributed by atoms with Gasteiger partial charge >= 0.3 is 0 Å². The molecule has 1 aliphatic rings. The van der Waals surface area contributed by atoms with Gasteiger partial charge in [-0.05, 0) is 35.6 Å². The highest BCUT2D eigenvalue weighted by Gasteiger charge is 2.21. The quantitative estimate of drug-likeness (QED) is 0.809. The first kappa shape index (κ1) is 14.1. The van der Waals surface area contributed by atoms with Crippen LogP contribution in [0.25, 0.3) is 16.3 Å². The van der Waals surface area contributed by atoms with Crippen LogP contribution in [0.2, 0.25) is 0 Å². The van der Waals surface area contributed by atoms with Crippen LogP contribution in [0.15, 0.2) is 52.7 Å². The highest BCUT2D eigenvalue weighted by atomic mass is 79.9. The first-order valence-corrected chi connectivity index (χ1v) is 7.59. The van der Waals surface area contributed by atoms with Crippen LogP contribution in [0.1, 0.15) is 18.4 Å². The molecule has 1 aromatic carbocycles. The van der Waals surface area contributed by atoms with E-state index in [9.17, 15) is 0 Å². The van der Waals surface area contributed by atoms with E-state index in [1.165, 1.54) is 0 Å². The fourth-order valence-electron chi connectivity index (χ4n) is 2.74. The van der Waals surface area contributed by atoms with Crippen LogP contribution in [0.5, 0.6) is 0 Å². The first-order valence-electron chi connectivity index (χ1n) is 6.80. The van der Waals surface area contributed by atoms with Crippen LogP contribution < -0.4 is 0 Å². The molecule has 1 aromatic heterocycles. The number of halogens is 1. The van der Waals surface area contributed by atoms with Crippen LogP contribution in [-0.4, -0.2) is 19.2 Å². The fraction of sp³-hybridized carbons (Fsp3) is 0.235. The fourth-order valence-corrected chi connectivity index (χ4v) is 3.19.